The van der Waals surface area contributed by atoms with E-state index >= 15 is 0 Å². The van der Waals surface area contributed by atoms with E-state index in [0.29, 0.717) is 0 Å². The summed E-state index contributed by atoms with van der Waals surface area (Å²) in [7, 11) is -10.7. The van der Waals surface area contributed by atoms with Crippen LogP contribution < -0.4 is 0 Å². The predicted molar refractivity (Wildman–Crippen MR) is 34.1 cm³/mol. The Morgan fingerprint density at radius 2 is 1.36 bits per heavy atom. The maximum Gasteiger partial charge on any atom is 0.322 e. The summed E-state index contributed by atoms with van der Waals surface area (Å²) in [6.45, 7) is 1.05. The van der Waals surface area contributed by atoms with Crippen LogP contribution in [0.5, 0.6) is 0 Å². The Morgan fingerprint density at radius 3 is 1.36 bits per heavy atom. The van der Waals surface area contributed by atoms with Crippen LogP contribution >= 0.6 is 0 Å². The molecule has 0 aliphatic carbocycles. The molecule has 0 spiro atoms. The molecule has 0 N–H and O–H groups in total. The molecule has 0 bridgehead atoms. The highest BCUT2D eigenvalue weighted by Gasteiger charge is 2.36. The van der Waals surface area contributed by atoms with Gasteiger partial charge in [0, 0.05) is 0 Å². The normalized spacial score (nSPS) is 13.8. The van der Waals surface area contributed by atoms with Crippen LogP contribution in [0.3, 0.4) is 0 Å². The first kappa shape index (κ1) is 10.8. The maximum absolute atomic E-state index is 11.9. The molecule has 0 saturated heterocycles. The van der Waals surface area contributed by atoms with Crippen molar-refractivity contribution in [1.29, 1.82) is 0 Å². The summed E-state index contributed by atoms with van der Waals surface area (Å²) in [5, 5.41) is 0. The Morgan fingerprint density at radius 1 is 1.09 bits per heavy atom. The minimum absolute atomic E-state index is 0.641. The lowest BCUT2D eigenvalue weighted by atomic mass is 10.6. The van der Waals surface area contributed by atoms with E-state index in [2.05, 4.69) is 0 Å². The van der Waals surface area contributed by atoms with Crippen LogP contribution in [-0.2, 0) is 20.4 Å². The third kappa shape index (κ3) is 3.10. The molecule has 11 heavy (non-hydrogen) atoms. The molecule has 0 aromatic heterocycles. The average molecular weight is 208 g/mol. The second-order valence-electron chi connectivity index (χ2n) is 1.79. The summed E-state index contributed by atoms with van der Waals surface area (Å²) < 4.78 is 60.9. The van der Waals surface area contributed by atoms with Gasteiger partial charge in [0.25, 0.3) is 0 Å². The second-order valence-corrected chi connectivity index (χ2v) is 5.13. The Balaban J connectivity index is 5.05. The summed E-state index contributed by atoms with van der Waals surface area (Å²) in [6, 6.07) is 0. The average Bonchev–Trinajstić information content (AvgIpc) is 1.56. The number of hydrogen-bond acceptors (Lipinski definition) is 4. The monoisotopic (exact) mass is 208 g/mol. The lowest BCUT2D eigenvalue weighted by molar-refractivity contribution is 0.522. The van der Waals surface area contributed by atoms with Gasteiger partial charge in [0.15, 0.2) is 0 Å². The first-order valence-electron chi connectivity index (χ1n) is 2.56. The van der Waals surface area contributed by atoms with Crippen LogP contribution in [-0.4, -0.2) is 21.4 Å². The summed E-state index contributed by atoms with van der Waals surface area (Å²) in [6.07, 6.45) is -0.641. The smallest absolute Gasteiger partial charge is 0.193 e. The summed E-state index contributed by atoms with van der Waals surface area (Å²) in [5.74, 6) is 0. The van der Waals surface area contributed by atoms with Crippen LogP contribution in [0.1, 0.15) is 13.3 Å². The molecule has 0 unspecified atom stereocenters. The van der Waals surface area contributed by atoms with Crippen molar-refractivity contribution < 1.29 is 24.6 Å². The Hall–Kier alpha value is -0.240. The van der Waals surface area contributed by atoms with Crippen molar-refractivity contribution in [3.8, 4) is 0 Å². The molecule has 0 rings (SSSR count). The van der Waals surface area contributed by atoms with E-state index in [1.165, 1.54) is 0 Å². The van der Waals surface area contributed by atoms with Crippen molar-refractivity contribution in [2.75, 3.05) is 0 Å². The van der Waals surface area contributed by atoms with Gasteiger partial charge in [-0.15, -0.1) is 7.77 Å². The van der Waals surface area contributed by atoms with Gasteiger partial charge >= 0.3 is 20.4 Å². The van der Waals surface area contributed by atoms with Crippen molar-refractivity contribution in [3.63, 3.8) is 0 Å². The molecular formula is C3H6F2O4S2. The van der Waals surface area contributed by atoms with Gasteiger partial charge in [-0.25, -0.2) is 0 Å². The summed E-state index contributed by atoms with van der Waals surface area (Å²) in [4.78, 5) is 0. The van der Waals surface area contributed by atoms with Crippen LogP contribution in [0.2, 0.25) is 0 Å². The van der Waals surface area contributed by atoms with Crippen LogP contribution in [0.25, 0.3) is 0 Å². The van der Waals surface area contributed by atoms with Gasteiger partial charge in [0.2, 0.25) is 4.58 Å². The van der Waals surface area contributed by atoms with E-state index in [1.807, 2.05) is 0 Å². The summed E-state index contributed by atoms with van der Waals surface area (Å²) >= 11 is 0. The van der Waals surface area contributed by atoms with E-state index in [-0.39, 0.29) is 0 Å². The van der Waals surface area contributed by atoms with E-state index in [1.54, 1.807) is 0 Å². The second kappa shape index (κ2) is 3.02. The molecule has 0 aliphatic rings. The lowest BCUT2D eigenvalue weighted by Gasteiger charge is -2.02. The van der Waals surface area contributed by atoms with Gasteiger partial charge in [-0.3, -0.25) is 0 Å². The largest absolute Gasteiger partial charge is 0.322 e. The topological polar surface area (TPSA) is 68.3 Å². The van der Waals surface area contributed by atoms with Crippen molar-refractivity contribution in [2.45, 2.75) is 17.9 Å². The molecular weight excluding hydrogens is 202 g/mol. The predicted octanol–water partition coefficient (Wildman–Crippen LogP) is 0.321. The van der Waals surface area contributed by atoms with E-state index in [0.717, 1.165) is 6.92 Å². The third-order valence-corrected chi connectivity index (χ3v) is 4.26. The van der Waals surface area contributed by atoms with Gasteiger partial charge in [-0.1, -0.05) is 6.92 Å². The molecule has 0 fully saturated rings. The zero-order valence-corrected chi connectivity index (χ0v) is 7.12. The molecule has 68 valence electrons. The van der Waals surface area contributed by atoms with Crippen LogP contribution in [0.15, 0.2) is 0 Å². The highest BCUT2D eigenvalue weighted by atomic mass is 32.3. The van der Waals surface area contributed by atoms with Crippen molar-refractivity contribution >= 4 is 20.4 Å². The molecule has 0 aromatic carbocycles. The number of rotatable bonds is 3. The Bertz CT molecular complexity index is 283. The van der Waals surface area contributed by atoms with Gasteiger partial charge in [-0.05, 0) is 6.42 Å². The third-order valence-electron chi connectivity index (χ3n) is 0.961. The minimum atomic E-state index is -5.34. The fraction of sp³-hybridized carbons (Fsp3) is 1.00. The van der Waals surface area contributed by atoms with Gasteiger partial charge in [0.1, 0.15) is 0 Å². The van der Waals surface area contributed by atoms with Crippen molar-refractivity contribution in [3.05, 3.63) is 0 Å². The summed E-state index contributed by atoms with van der Waals surface area (Å²) in [5.41, 5.74) is 0. The highest BCUT2D eigenvalue weighted by Crippen LogP contribution is 2.16. The van der Waals surface area contributed by atoms with Gasteiger partial charge in [-0.2, -0.15) is 16.8 Å². The van der Waals surface area contributed by atoms with Crippen LogP contribution in [0.4, 0.5) is 7.77 Å². The lowest BCUT2D eigenvalue weighted by Crippen LogP contribution is -2.23. The first-order chi connectivity index (χ1) is 4.69. The number of hydrogen-bond donors (Lipinski definition) is 0. The van der Waals surface area contributed by atoms with Gasteiger partial charge in [0.05, 0.1) is 0 Å². The first-order valence-corrected chi connectivity index (χ1v) is 5.46. The van der Waals surface area contributed by atoms with E-state index in [9.17, 15) is 24.6 Å². The van der Waals surface area contributed by atoms with E-state index < -0.39 is 31.4 Å². The highest BCUT2D eigenvalue weighted by molar-refractivity contribution is 8.04. The molecule has 4 nitrogen and oxygen atoms in total. The Labute approximate surface area is 63.6 Å². The van der Waals surface area contributed by atoms with Crippen LogP contribution in [0, 0.1) is 0 Å². The van der Waals surface area contributed by atoms with Crippen molar-refractivity contribution in [1.82, 2.24) is 0 Å². The molecule has 8 heteroatoms. The maximum atomic E-state index is 11.9. The SMILES string of the molecule is CCC(S(=O)(=O)F)S(=O)(=O)F. The number of halogens is 2. The molecule has 0 amide bonds. The van der Waals surface area contributed by atoms with Crippen molar-refractivity contribution in [2.24, 2.45) is 0 Å². The molecule has 0 saturated carbocycles. The quantitative estimate of drug-likeness (QED) is 0.626. The minimum Gasteiger partial charge on any atom is -0.193 e. The fourth-order valence-corrected chi connectivity index (χ4v) is 2.43. The molecule has 0 aromatic rings. The van der Waals surface area contributed by atoms with E-state index in [4.69, 9.17) is 0 Å². The fourth-order valence-electron chi connectivity index (χ4n) is 0.535. The zero-order chi connectivity index (χ0) is 9.28. The molecule has 0 heterocycles. The Kier molecular flexibility index (Phi) is 2.95. The molecule has 0 radical (unpaired) electrons. The zero-order valence-electron chi connectivity index (χ0n) is 5.49. The standard InChI is InChI=1S/C3H6F2O4S2/c1-2-3(10(4,6)7)11(5,8)9/h3H,2H2,1H3. The molecule has 0 atom stereocenters. The van der Waals surface area contributed by atoms with Gasteiger partial charge < -0.3 is 0 Å². The molecule has 0 aliphatic heterocycles.